The molecule has 2 N–H and O–H groups in total. The lowest BCUT2D eigenvalue weighted by Crippen LogP contribution is -2.32. The van der Waals surface area contributed by atoms with E-state index in [2.05, 4.69) is 10.6 Å². The first-order chi connectivity index (χ1) is 15.6. The smallest absolute Gasteiger partial charge is 0.251 e. The second-order valence-electron chi connectivity index (χ2n) is 7.72. The Morgan fingerprint density at radius 1 is 0.875 bits per heavy atom. The van der Waals surface area contributed by atoms with Crippen LogP contribution in [0.2, 0.25) is 0 Å². The Morgan fingerprint density at radius 3 is 2.22 bits per heavy atom. The molecular formula is C26H25N3O3. The molecule has 0 bridgehead atoms. The molecular weight excluding hydrogens is 402 g/mol. The van der Waals surface area contributed by atoms with Crippen molar-refractivity contribution in [3.8, 4) is 0 Å². The van der Waals surface area contributed by atoms with Gasteiger partial charge in [-0.25, -0.2) is 0 Å². The van der Waals surface area contributed by atoms with Gasteiger partial charge < -0.3 is 15.5 Å². The first-order valence-electron chi connectivity index (χ1n) is 10.7. The Bertz CT molecular complexity index is 1100. The molecule has 0 aliphatic carbocycles. The lowest BCUT2D eigenvalue weighted by atomic mass is 10.0. The minimum Gasteiger partial charge on any atom is -0.345 e. The molecule has 1 heterocycles. The molecule has 1 aliphatic heterocycles. The van der Waals surface area contributed by atoms with Gasteiger partial charge in [0.1, 0.15) is 0 Å². The van der Waals surface area contributed by atoms with Gasteiger partial charge in [0.25, 0.3) is 5.91 Å². The predicted molar refractivity (Wildman–Crippen MR) is 124 cm³/mol. The molecule has 4 rings (SSSR count). The van der Waals surface area contributed by atoms with Crippen LogP contribution in [0.1, 0.15) is 41.2 Å². The van der Waals surface area contributed by atoms with Crippen LogP contribution in [-0.4, -0.2) is 24.3 Å². The number of para-hydroxylation sites is 2. The van der Waals surface area contributed by atoms with Crippen LogP contribution >= 0.6 is 0 Å². The van der Waals surface area contributed by atoms with Crippen LogP contribution in [0.25, 0.3) is 0 Å². The summed E-state index contributed by atoms with van der Waals surface area (Å²) in [6.45, 7) is 0.644. The Kier molecular flexibility index (Phi) is 6.60. The third kappa shape index (κ3) is 5.03. The lowest BCUT2D eigenvalue weighted by molar-refractivity contribution is -0.117. The van der Waals surface area contributed by atoms with Crippen LogP contribution in [0.5, 0.6) is 0 Å². The maximum atomic E-state index is 13.0. The third-order valence-electron chi connectivity index (χ3n) is 5.48. The molecule has 1 aliphatic rings. The normalized spacial score (nSPS) is 14.1. The Morgan fingerprint density at radius 2 is 1.53 bits per heavy atom. The molecule has 0 saturated carbocycles. The molecule has 0 spiro atoms. The van der Waals surface area contributed by atoms with Crippen LogP contribution in [0.4, 0.5) is 11.4 Å². The monoisotopic (exact) mass is 427 g/mol. The second-order valence-corrected chi connectivity index (χ2v) is 7.72. The summed E-state index contributed by atoms with van der Waals surface area (Å²) in [4.78, 5) is 39.6. The van der Waals surface area contributed by atoms with Crippen molar-refractivity contribution in [1.82, 2.24) is 5.32 Å². The minimum absolute atomic E-state index is 0.0592. The van der Waals surface area contributed by atoms with Crippen molar-refractivity contribution < 1.29 is 14.4 Å². The zero-order chi connectivity index (χ0) is 22.3. The summed E-state index contributed by atoms with van der Waals surface area (Å²) in [7, 11) is 0. The quantitative estimate of drug-likeness (QED) is 0.590. The SMILES string of the molecule is O=C(CC(NC(=O)c1ccccc1)c1ccccc1)Nc1ccccc1N1CCCC1=O. The van der Waals surface area contributed by atoms with Gasteiger partial charge in [0.05, 0.1) is 23.8 Å². The summed E-state index contributed by atoms with van der Waals surface area (Å²) in [5.74, 6) is -0.425. The Labute approximate surface area is 187 Å². The van der Waals surface area contributed by atoms with Crippen molar-refractivity contribution in [3.63, 3.8) is 0 Å². The average molecular weight is 428 g/mol. The summed E-state index contributed by atoms with van der Waals surface area (Å²) in [6, 6.07) is 25.2. The summed E-state index contributed by atoms with van der Waals surface area (Å²) in [5.41, 5.74) is 2.67. The summed E-state index contributed by atoms with van der Waals surface area (Å²) >= 11 is 0. The van der Waals surface area contributed by atoms with E-state index in [0.717, 1.165) is 12.0 Å². The minimum atomic E-state index is -0.496. The number of nitrogens with zero attached hydrogens (tertiary/aromatic N) is 1. The van der Waals surface area contributed by atoms with Crippen LogP contribution < -0.4 is 15.5 Å². The molecule has 162 valence electrons. The number of anilines is 2. The number of nitrogens with one attached hydrogen (secondary N) is 2. The molecule has 6 nitrogen and oxygen atoms in total. The highest BCUT2D eigenvalue weighted by Gasteiger charge is 2.25. The molecule has 3 aromatic carbocycles. The first-order valence-corrected chi connectivity index (χ1v) is 10.7. The van der Waals surface area contributed by atoms with E-state index >= 15 is 0 Å². The van der Waals surface area contributed by atoms with Crippen LogP contribution in [-0.2, 0) is 9.59 Å². The van der Waals surface area contributed by atoms with Gasteiger partial charge >= 0.3 is 0 Å². The van der Waals surface area contributed by atoms with Gasteiger partial charge in [0.15, 0.2) is 0 Å². The number of carbonyl (C=O) groups is 3. The van der Waals surface area contributed by atoms with E-state index in [0.29, 0.717) is 29.9 Å². The number of benzene rings is 3. The van der Waals surface area contributed by atoms with Crippen molar-refractivity contribution in [3.05, 3.63) is 96.1 Å². The van der Waals surface area contributed by atoms with Gasteiger partial charge in [-0.2, -0.15) is 0 Å². The van der Waals surface area contributed by atoms with E-state index in [-0.39, 0.29) is 24.1 Å². The predicted octanol–water partition coefficient (Wildman–Crippen LogP) is 4.31. The van der Waals surface area contributed by atoms with E-state index in [4.69, 9.17) is 0 Å². The van der Waals surface area contributed by atoms with Crippen LogP contribution in [0.3, 0.4) is 0 Å². The van der Waals surface area contributed by atoms with E-state index < -0.39 is 6.04 Å². The molecule has 3 aromatic rings. The fraction of sp³-hybridized carbons (Fsp3) is 0.192. The van der Waals surface area contributed by atoms with Gasteiger partial charge in [-0.3, -0.25) is 14.4 Å². The molecule has 1 atom stereocenters. The van der Waals surface area contributed by atoms with Crippen molar-refractivity contribution in [2.24, 2.45) is 0 Å². The first kappa shape index (κ1) is 21.3. The van der Waals surface area contributed by atoms with Crippen molar-refractivity contribution >= 4 is 29.1 Å². The number of hydrogen-bond donors (Lipinski definition) is 2. The highest BCUT2D eigenvalue weighted by Crippen LogP contribution is 2.30. The van der Waals surface area contributed by atoms with Gasteiger partial charge in [-0.15, -0.1) is 0 Å². The van der Waals surface area contributed by atoms with Gasteiger partial charge in [-0.1, -0.05) is 60.7 Å². The van der Waals surface area contributed by atoms with Gasteiger partial charge in [0, 0.05) is 18.5 Å². The topological polar surface area (TPSA) is 78.5 Å². The summed E-state index contributed by atoms with van der Waals surface area (Å²) in [5, 5.41) is 5.92. The average Bonchev–Trinajstić information content (AvgIpc) is 3.25. The highest BCUT2D eigenvalue weighted by molar-refractivity contribution is 6.02. The zero-order valence-electron chi connectivity index (χ0n) is 17.7. The van der Waals surface area contributed by atoms with Crippen LogP contribution in [0, 0.1) is 0 Å². The zero-order valence-corrected chi connectivity index (χ0v) is 17.7. The second kappa shape index (κ2) is 9.92. The molecule has 0 aromatic heterocycles. The van der Waals surface area contributed by atoms with E-state index in [1.54, 1.807) is 35.2 Å². The van der Waals surface area contributed by atoms with E-state index in [1.807, 2.05) is 54.6 Å². The summed E-state index contributed by atoms with van der Waals surface area (Å²) in [6.07, 6.45) is 1.39. The van der Waals surface area contributed by atoms with Crippen molar-refractivity contribution in [2.75, 3.05) is 16.8 Å². The number of hydrogen-bond acceptors (Lipinski definition) is 3. The fourth-order valence-electron chi connectivity index (χ4n) is 3.87. The Balaban J connectivity index is 1.51. The van der Waals surface area contributed by atoms with Crippen molar-refractivity contribution in [2.45, 2.75) is 25.3 Å². The third-order valence-corrected chi connectivity index (χ3v) is 5.48. The highest BCUT2D eigenvalue weighted by atomic mass is 16.2. The molecule has 1 unspecified atom stereocenters. The molecule has 1 fully saturated rings. The van der Waals surface area contributed by atoms with Crippen LogP contribution in [0.15, 0.2) is 84.9 Å². The Hall–Kier alpha value is -3.93. The number of amides is 3. The lowest BCUT2D eigenvalue weighted by Gasteiger charge is -2.22. The van der Waals surface area contributed by atoms with Gasteiger partial charge in [-0.05, 0) is 36.2 Å². The standard InChI is InChI=1S/C26H25N3O3/c30-24(27-21-14-7-8-15-23(21)29-17-9-16-25(29)31)18-22(19-10-3-1-4-11-19)28-26(32)20-12-5-2-6-13-20/h1-8,10-15,22H,9,16-18H2,(H,27,30)(H,28,32). The van der Waals surface area contributed by atoms with Gasteiger partial charge in [0.2, 0.25) is 11.8 Å². The molecule has 0 radical (unpaired) electrons. The van der Waals surface area contributed by atoms with E-state index in [9.17, 15) is 14.4 Å². The summed E-state index contributed by atoms with van der Waals surface area (Å²) < 4.78 is 0. The molecule has 1 saturated heterocycles. The maximum Gasteiger partial charge on any atom is 0.251 e. The van der Waals surface area contributed by atoms with Crippen molar-refractivity contribution in [1.29, 1.82) is 0 Å². The fourth-order valence-corrected chi connectivity index (χ4v) is 3.87. The largest absolute Gasteiger partial charge is 0.345 e. The molecule has 32 heavy (non-hydrogen) atoms. The molecule has 6 heteroatoms. The molecule has 3 amide bonds. The van der Waals surface area contributed by atoms with E-state index in [1.165, 1.54) is 0 Å². The maximum absolute atomic E-state index is 13.0. The number of rotatable bonds is 7. The number of carbonyl (C=O) groups excluding carboxylic acids is 3.